The predicted molar refractivity (Wildman–Crippen MR) is 58.0 cm³/mol. The normalized spacial score (nSPS) is 9.93. The molecule has 0 atom stereocenters. The summed E-state index contributed by atoms with van der Waals surface area (Å²) in [5, 5.41) is 11.6. The van der Waals surface area contributed by atoms with Gasteiger partial charge in [-0.2, -0.15) is 0 Å². The Morgan fingerprint density at radius 2 is 2.47 bits per heavy atom. The zero-order valence-corrected chi connectivity index (χ0v) is 8.99. The van der Waals surface area contributed by atoms with Crippen molar-refractivity contribution in [2.45, 2.75) is 6.54 Å². The molecule has 0 amide bonds. The zero-order chi connectivity index (χ0) is 10.5. The zero-order valence-electron chi connectivity index (χ0n) is 8.17. The lowest BCUT2D eigenvalue weighted by Crippen LogP contribution is -1.99. The molecule has 0 saturated heterocycles. The van der Waals surface area contributed by atoms with Crippen LogP contribution in [0, 0.1) is 0 Å². The molecule has 0 aliphatic carbocycles. The summed E-state index contributed by atoms with van der Waals surface area (Å²) in [5.41, 5.74) is 2.78. The van der Waals surface area contributed by atoms with Crippen LogP contribution in [0.1, 0.15) is 5.56 Å². The van der Waals surface area contributed by atoms with Gasteiger partial charge in [-0.05, 0) is 11.6 Å². The molecule has 6 heteroatoms. The SMILES string of the molecule is COc1cc(CNc2nncs2)ccn1. The third-order valence-electron chi connectivity index (χ3n) is 1.81. The molecule has 2 heterocycles. The first-order chi connectivity index (χ1) is 7.38. The first-order valence-corrected chi connectivity index (χ1v) is 5.25. The number of methoxy groups -OCH3 is 1. The molecule has 5 nitrogen and oxygen atoms in total. The number of rotatable bonds is 4. The summed E-state index contributed by atoms with van der Waals surface area (Å²) in [4.78, 5) is 4.03. The van der Waals surface area contributed by atoms with Crippen LogP contribution in [-0.4, -0.2) is 22.3 Å². The Bertz CT molecular complexity index is 418. The Labute approximate surface area is 91.1 Å². The molecule has 0 aliphatic rings. The fraction of sp³-hybridized carbons (Fsp3) is 0.222. The molecule has 0 saturated carbocycles. The van der Waals surface area contributed by atoms with Crippen LogP contribution in [0.3, 0.4) is 0 Å². The lowest BCUT2D eigenvalue weighted by Gasteiger charge is -2.03. The van der Waals surface area contributed by atoms with Gasteiger partial charge in [0.25, 0.3) is 0 Å². The minimum absolute atomic E-state index is 0.617. The van der Waals surface area contributed by atoms with Crippen LogP contribution in [0.2, 0.25) is 0 Å². The Morgan fingerprint density at radius 1 is 1.53 bits per heavy atom. The summed E-state index contributed by atoms with van der Waals surface area (Å²) in [6.45, 7) is 0.689. The number of hydrogen-bond acceptors (Lipinski definition) is 6. The van der Waals surface area contributed by atoms with Gasteiger partial charge in [-0.3, -0.25) is 0 Å². The molecule has 0 aliphatic heterocycles. The van der Waals surface area contributed by atoms with Gasteiger partial charge in [0.1, 0.15) is 5.51 Å². The number of hydrogen-bond donors (Lipinski definition) is 1. The quantitative estimate of drug-likeness (QED) is 0.850. The van der Waals surface area contributed by atoms with Crippen molar-refractivity contribution in [2.75, 3.05) is 12.4 Å². The Morgan fingerprint density at radius 3 is 3.20 bits per heavy atom. The number of ether oxygens (including phenoxy) is 1. The molecule has 2 aromatic heterocycles. The van der Waals surface area contributed by atoms with E-state index in [0.717, 1.165) is 10.7 Å². The van der Waals surface area contributed by atoms with Crippen molar-refractivity contribution in [3.63, 3.8) is 0 Å². The van der Waals surface area contributed by atoms with Crippen molar-refractivity contribution in [3.05, 3.63) is 29.4 Å². The minimum atomic E-state index is 0.617. The van der Waals surface area contributed by atoms with E-state index in [2.05, 4.69) is 20.5 Å². The van der Waals surface area contributed by atoms with Gasteiger partial charge in [-0.1, -0.05) is 11.3 Å². The van der Waals surface area contributed by atoms with E-state index in [4.69, 9.17) is 4.74 Å². The van der Waals surface area contributed by atoms with E-state index in [1.54, 1.807) is 18.8 Å². The van der Waals surface area contributed by atoms with Crippen LogP contribution in [0.15, 0.2) is 23.8 Å². The minimum Gasteiger partial charge on any atom is -0.481 e. The molecule has 2 rings (SSSR count). The fourth-order valence-corrected chi connectivity index (χ4v) is 1.54. The van der Waals surface area contributed by atoms with Crippen LogP contribution in [0.25, 0.3) is 0 Å². The van der Waals surface area contributed by atoms with Crippen molar-refractivity contribution in [3.8, 4) is 5.88 Å². The van der Waals surface area contributed by atoms with Gasteiger partial charge in [0.15, 0.2) is 0 Å². The van der Waals surface area contributed by atoms with E-state index in [-0.39, 0.29) is 0 Å². The molecule has 0 unspecified atom stereocenters. The Hall–Kier alpha value is -1.69. The molecular weight excluding hydrogens is 212 g/mol. The molecule has 0 aromatic carbocycles. The largest absolute Gasteiger partial charge is 0.481 e. The van der Waals surface area contributed by atoms with Gasteiger partial charge in [0, 0.05) is 18.8 Å². The van der Waals surface area contributed by atoms with Crippen molar-refractivity contribution in [1.29, 1.82) is 0 Å². The van der Waals surface area contributed by atoms with Crippen molar-refractivity contribution in [1.82, 2.24) is 15.2 Å². The third kappa shape index (κ3) is 2.63. The second-order valence-electron chi connectivity index (χ2n) is 2.80. The number of nitrogens with zero attached hydrogens (tertiary/aromatic N) is 3. The number of nitrogens with one attached hydrogen (secondary N) is 1. The molecule has 2 aromatic rings. The molecule has 0 spiro atoms. The van der Waals surface area contributed by atoms with E-state index in [0.29, 0.717) is 12.4 Å². The molecule has 0 fully saturated rings. The average Bonchev–Trinajstić information content (AvgIpc) is 2.79. The summed E-state index contributed by atoms with van der Waals surface area (Å²) >= 11 is 1.47. The highest BCUT2D eigenvalue weighted by molar-refractivity contribution is 7.13. The van der Waals surface area contributed by atoms with Crippen LogP contribution in [0.5, 0.6) is 5.88 Å². The van der Waals surface area contributed by atoms with Crippen LogP contribution in [0.4, 0.5) is 5.13 Å². The second kappa shape index (κ2) is 4.70. The molecule has 78 valence electrons. The molecular formula is C9H10N4OS. The number of anilines is 1. The van der Waals surface area contributed by atoms with Crippen molar-refractivity contribution < 1.29 is 4.74 Å². The van der Waals surface area contributed by atoms with Crippen molar-refractivity contribution in [2.24, 2.45) is 0 Å². The number of aromatic nitrogens is 3. The standard InChI is InChI=1S/C9H10N4OS/c1-14-8-4-7(2-3-10-8)5-11-9-13-12-6-15-9/h2-4,6H,5H2,1H3,(H,11,13). The molecule has 1 N–H and O–H groups in total. The first-order valence-electron chi connectivity index (χ1n) is 4.37. The first kappa shape index (κ1) is 9.85. The van der Waals surface area contributed by atoms with Gasteiger partial charge in [-0.25, -0.2) is 4.98 Å². The summed E-state index contributed by atoms with van der Waals surface area (Å²) in [6.07, 6.45) is 1.72. The van der Waals surface area contributed by atoms with Crippen LogP contribution < -0.4 is 10.1 Å². The van der Waals surface area contributed by atoms with Gasteiger partial charge >= 0.3 is 0 Å². The van der Waals surface area contributed by atoms with E-state index in [1.807, 2.05) is 12.1 Å². The molecule has 0 bridgehead atoms. The van der Waals surface area contributed by atoms with E-state index in [9.17, 15) is 0 Å². The smallest absolute Gasteiger partial charge is 0.213 e. The van der Waals surface area contributed by atoms with Gasteiger partial charge in [-0.15, -0.1) is 10.2 Å². The van der Waals surface area contributed by atoms with E-state index >= 15 is 0 Å². The fourth-order valence-electron chi connectivity index (χ4n) is 1.10. The monoisotopic (exact) mass is 222 g/mol. The van der Waals surface area contributed by atoms with Crippen molar-refractivity contribution >= 4 is 16.5 Å². The maximum absolute atomic E-state index is 5.03. The number of pyridine rings is 1. The maximum atomic E-state index is 5.03. The van der Waals surface area contributed by atoms with E-state index < -0.39 is 0 Å². The summed E-state index contributed by atoms with van der Waals surface area (Å²) in [6, 6.07) is 3.81. The maximum Gasteiger partial charge on any atom is 0.213 e. The van der Waals surface area contributed by atoms with E-state index in [1.165, 1.54) is 11.3 Å². The highest BCUT2D eigenvalue weighted by Crippen LogP contribution is 2.12. The van der Waals surface area contributed by atoms with Gasteiger partial charge < -0.3 is 10.1 Å². The second-order valence-corrected chi connectivity index (χ2v) is 3.64. The Balaban J connectivity index is 1.98. The topological polar surface area (TPSA) is 59.9 Å². The van der Waals surface area contributed by atoms with Crippen LogP contribution >= 0.6 is 11.3 Å². The Kier molecular flexibility index (Phi) is 3.08. The highest BCUT2D eigenvalue weighted by Gasteiger charge is 1.98. The summed E-state index contributed by atoms with van der Waals surface area (Å²) < 4.78 is 5.03. The average molecular weight is 222 g/mol. The highest BCUT2D eigenvalue weighted by atomic mass is 32.1. The van der Waals surface area contributed by atoms with Gasteiger partial charge in [0.2, 0.25) is 11.0 Å². The van der Waals surface area contributed by atoms with Crippen LogP contribution in [-0.2, 0) is 6.54 Å². The molecule has 15 heavy (non-hydrogen) atoms. The summed E-state index contributed by atoms with van der Waals surface area (Å²) in [7, 11) is 1.60. The predicted octanol–water partition coefficient (Wildman–Crippen LogP) is 1.55. The lowest BCUT2D eigenvalue weighted by molar-refractivity contribution is 0.397. The van der Waals surface area contributed by atoms with Gasteiger partial charge in [0.05, 0.1) is 7.11 Å². The summed E-state index contributed by atoms with van der Waals surface area (Å²) in [5.74, 6) is 0.617. The third-order valence-corrected chi connectivity index (χ3v) is 2.46. The lowest BCUT2D eigenvalue weighted by atomic mass is 10.3. The molecule has 0 radical (unpaired) electrons.